The van der Waals surface area contributed by atoms with Crippen LogP contribution in [0.2, 0.25) is 0 Å². The van der Waals surface area contributed by atoms with E-state index in [1.165, 1.54) is 10.6 Å². The van der Waals surface area contributed by atoms with Crippen molar-refractivity contribution in [3.63, 3.8) is 0 Å². The second kappa shape index (κ2) is 9.05. The first kappa shape index (κ1) is 21.9. The molecule has 0 aliphatic carbocycles. The Morgan fingerprint density at radius 3 is 2.41 bits per heavy atom. The van der Waals surface area contributed by atoms with E-state index in [0.29, 0.717) is 49.1 Å². The molecule has 168 valence electrons. The van der Waals surface area contributed by atoms with Crippen LogP contribution in [0, 0.1) is 12.8 Å². The molecule has 0 atom stereocenters. The van der Waals surface area contributed by atoms with Crippen LogP contribution in [-0.4, -0.2) is 57.5 Å². The molecule has 1 amide bonds. The zero-order valence-corrected chi connectivity index (χ0v) is 18.7. The molecule has 1 aliphatic rings. The first-order chi connectivity index (χ1) is 15.3. The molecule has 2 aromatic heterocycles. The molecule has 0 unspecified atom stereocenters. The van der Waals surface area contributed by atoms with Crippen LogP contribution in [0.1, 0.15) is 18.7 Å². The lowest BCUT2D eigenvalue weighted by molar-refractivity contribution is -0.120. The van der Waals surface area contributed by atoms with Gasteiger partial charge in [0.1, 0.15) is 23.8 Å². The smallest absolute Gasteiger partial charge is 0.227 e. The molecule has 0 radical (unpaired) electrons. The summed E-state index contributed by atoms with van der Waals surface area (Å²) in [5.74, 6) is 1.70. The number of nitrogens with one attached hydrogen (secondary N) is 2. The molecule has 1 fully saturated rings. The number of sulfonamides is 1. The Bertz CT molecular complexity index is 1190. The molecule has 4 rings (SSSR count). The fourth-order valence-corrected chi connectivity index (χ4v) is 4.50. The molecule has 3 aromatic rings. The van der Waals surface area contributed by atoms with Gasteiger partial charge in [-0.05, 0) is 44.0 Å². The lowest BCUT2D eigenvalue weighted by Crippen LogP contribution is -2.40. The first-order valence-electron chi connectivity index (χ1n) is 10.2. The Hall–Kier alpha value is -3.31. The van der Waals surface area contributed by atoms with Crippen LogP contribution in [0.15, 0.2) is 49.1 Å². The number of amides is 1. The van der Waals surface area contributed by atoms with Crippen LogP contribution < -0.4 is 10.6 Å². The number of hydrogen-bond donors (Lipinski definition) is 2. The minimum Gasteiger partial charge on any atom is -0.340 e. The predicted molar refractivity (Wildman–Crippen MR) is 121 cm³/mol. The van der Waals surface area contributed by atoms with Crippen molar-refractivity contribution < 1.29 is 13.2 Å². The summed E-state index contributed by atoms with van der Waals surface area (Å²) in [6.07, 6.45) is 7.41. The van der Waals surface area contributed by atoms with Crippen molar-refractivity contribution in [1.82, 2.24) is 23.8 Å². The van der Waals surface area contributed by atoms with Crippen molar-refractivity contribution >= 4 is 33.1 Å². The van der Waals surface area contributed by atoms with E-state index >= 15 is 0 Å². The summed E-state index contributed by atoms with van der Waals surface area (Å²) >= 11 is 0. The predicted octanol–water partition coefficient (Wildman–Crippen LogP) is 2.32. The van der Waals surface area contributed by atoms with Gasteiger partial charge < -0.3 is 10.6 Å². The number of imidazole rings is 1. The Kier molecular flexibility index (Phi) is 6.19. The van der Waals surface area contributed by atoms with Crippen molar-refractivity contribution in [2.24, 2.45) is 5.92 Å². The third kappa shape index (κ3) is 5.29. The number of rotatable bonds is 6. The largest absolute Gasteiger partial charge is 0.340 e. The van der Waals surface area contributed by atoms with E-state index in [0.717, 1.165) is 5.69 Å². The van der Waals surface area contributed by atoms with Crippen molar-refractivity contribution in [3.8, 4) is 5.82 Å². The molecule has 0 bridgehead atoms. The highest BCUT2D eigenvalue weighted by atomic mass is 32.2. The molecule has 1 aliphatic heterocycles. The molecular weight excluding hydrogens is 430 g/mol. The minimum atomic E-state index is -3.20. The maximum Gasteiger partial charge on any atom is 0.227 e. The molecule has 1 saturated heterocycles. The Morgan fingerprint density at radius 1 is 1.09 bits per heavy atom. The molecule has 2 N–H and O–H groups in total. The highest BCUT2D eigenvalue weighted by Crippen LogP contribution is 2.23. The van der Waals surface area contributed by atoms with E-state index in [-0.39, 0.29) is 11.8 Å². The summed E-state index contributed by atoms with van der Waals surface area (Å²) in [5, 5.41) is 6.17. The molecular formula is C21H25N7O3S. The van der Waals surface area contributed by atoms with E-state index in [9.17, 15) is 13.2 Å². The number of aryl methyl sites for hydroxylation is 1. The monoisotopic (exact) mass is 455 g/mol. The summed E-state index contributed by atoms with van der Waals surface area (Å²) in [6.45, 7) is 2.57. The molecule has 11 heteroatoms. The molecule has 32 heavy (non-hydrogen) atoms. The van der Waals surface area contributed by atoms with Gasteiger partial charge in [-0.3, -0.25) is 9.36 Å². The number of benzene rings is 1. The summed E-state index contributed by atoms with van der Waals surface area (Å²) in [6, 6.07) is 9.17. The van der Waals surface area contributed by atoms with E-state index in [1.54, 1.807) is 17.1 Å². The highest BCUT2D eigenvalue weighted by molar-refractivity contribution is 7.88. The maximum absolute atomic E-state index is 12.6. The Morgan fingerprint density at radius 2 is 1.78 bits per heavy atom. The van der Waals surface area contributed by atoms with Crippen LogP contribution in [0.4, 0.5) is 17.2 Å². The summed E-state index contributed by atoms with van der Waals surface area (Å²) < 4.78 is 26.5. The van der Waals surface area contributed by atoms with Crippen LogP contribution >= 0.6 is 0 Å². The molecule has 0 saturated carbocycles. The average molecular weight is 456 g/mol. The third-order valence-corrected chi connectivity index (χ3v) is 6.62. The van der Waals surface area contributed by atoms with Gasteiger partial charge in [-0.25, -0.2) is 27.7 Å². The van der Waals surface area contributed by atoms with Crippen LogP contribution in [0.25, 0.3) is 5.82 Å². The van der Waals surface area contributed by atoms with Crippen molar-refractivity contribution in [3.05, 3.63) is 54.9 Å². The molecule has 10 nitrogen and oxygen atoms in total. The number of piperidine rings is 1. The van der Waals surface area contributed by atoms with Gasteiger partial charge >= 0.3 is 0 Å². The summed E-state index contributed by atoms with van der Waals surface area (Å²) in [5.41, 5.74) is 1.50. The van der Waals surface area contributed by atoms with Gasteiger partial charge in [-0.15, -0.1) is 0 Å². The Labute approximate surface area is 186 Å². The SMILES string of the molecule is Cc1nc(Nc2ccc(NC(=O)C3CCN(S(C)(=O)=O)CC3)cc2)cc(-n2ccnc2)n1. The fraction of sp³-hybridized carbons (Fsp3) is 0.333. The number of anilines is 3. The lowest BCUT2D eigenvalue weighted by atomic mass is 9.97. The Balaban J connectivity index is 1.36. The number of aromatic nitrogens is 4. The second-order valence-corrected chi connectivity index (χ2v) is 9.74. The van der Waals surface area contributed by atoms with Crippen molar-refractivity contribution in [2.75, 3.05) is 30.0 Å². The highest BCUT2D eigenvalue weighted by Gasteiger charge is 2.28. The van der Waals surface area contributed by atoms with Crippen LogP contribution in [0.3, 0.4) is 0 Å². The lowest BCUT2D eigenvalue weighted by Gasteiger charge is -2.29. The summed E-state index contributed by atoms with van der Waals surface area (Å²) in [4.78, 5) is 25.4. The van der Waals surface area contributed by atoms with Crippen molar-refractivity contribution in [1.29, 1.82) is 0 Å². The zero-order chi connectivity index (χ0) is 22.7. The fourth-order valence-electron chi connectivity index (χ4n) is 3.62. The normalized spacial score (nSPS) is 15.4. The van der Waals surface area contributed by atoms with Gasteiger partial charge in [-0.1, -0.05) is 0 Å². The molecule has 3 heterocycles. The van der Waals surface area contributed by atoms with E-state index in [4.69, 9.17) is 0 Å². The molecule has 1 aromatic carbocycles. The number of carbonyl (C=O) groups excluding carboxylic acids is 1. The average Bonchev–Trinajstić information content (AvgIpc) is 3.29. The maximum atomic E-state index is 12.6. The van der Waals surface area contributed by atoms with Crippen molar-refractivity contribution in [2.45, 2.75) is 19.8 Å². The standard InChI is InChI=1S/C21H25N7O3S/c1-15-23-19(13-20(24-15)27-12-9-22-14-27)25-17-3-5-18(6-4-17)26-21(29)16-7-10-28(11-8-16)32(2,30)31/h3-6,9,12-14,16H,7-8,10-11H2,1-2H3,(H,26,29)(H,23,24,25). The minimum absolute atomic E-state index is 0.0877. The first-order valence-corrected chi connectivity index (χ1v) is 12.1. The van der Waals surface area contributed by atoms with Gasteiger partial charge in [0, 0.05) is 48.8 Å². The van der Waals surface area contributed by atoms with Gasteiger partial charge in [0.15, 0.2) is 0 Å². The second-order valence-electron chi connectivity index (χ2n) is 7.76. The molecule has 0 spiro atoms. The van der Waals surface area contributed by atoms with Gasteiger partial charge in [-0.2, -0.15) is 0 Å². The van der Waals surface area contributed by atoms with Gasteiger partial charge in [0.05, 0.1) is 6.26 Å². The number of carbonyl (C=O) groups is 1. The van der Waals surface area contributed by atoms with Gasteiger partial charge in [0.25, 0.3) is 0 Å². The van der Waals surface area contributed by atoms with Crippen LogP contribution in [0.5, 0.6) is 0 Å². The van der Waals surface area contributed by atoms with E-state index in [1.807, 2.05) is 43.5 Å². The third-order valence-electron chi connectivity index (χ3n) is 5.31. The van der Waals surface area contributed by atoms with E-state index < -0.39 is 10.0 Å². The number of nitrogens with zero attached hydrogens (tertiary/aromatic N) is 5. The number of hydrogen-bond acceptors (Lipinski definition) is 7. The topological polar surface area (TPSA) is 122 Å². The zero-order valence-electron chi connectivity index (χ0n) is 17.9. The van der Waals surface area contributed by atoms with E-state index in [2.05, 4.69) is 25.6 Å². The summed E-state index contributed by atoms with van der Waals surface area (Å²) in [7, 11) is -3.20. The van der Waals surface area contributed by atoms with Crippen LogP contribution in [-0.2, 0) is 14.8 Å². The quantitative estimate of drug-likeness (QED) is 0.585. The van der Waals surface area contributed by atoms with Gasteiger partial charge in [0.2, 0.25) is 15.9 Å².